The Bertz CT molecular complexity index is 536. The van der Waals surface area contributed by atoms with Gasteiger partial charge in [0.1, 0.15) is 6.10 Å². The summed E-state index contributed by atoms with van der Waals surface area (Å²) in [7, 11) is 0. The van der Waals surface area contributed by atoms with Crippen molar-refractivity contribution in [1.29, 1.82) is 0 Å². The molecule has 0 spiro atoms. The van der Waals surface area contributed by atoms with Crippen molar-refractivity contribution in [3.8, 4) is 0 Å². The molecule has 1 N–H and O–H groups in total. The van der Waals surface area contributed by atoms with Gasteiger partial charge in [-0.2, -0.15) is 0 Å². The maximum absolute atomic E-state index is 12.5. The lowest BCUT2D eigenvalue weighted by Gasteiger charge is -2.36. The van der Waals surface area contributed by atoms with E-state index in [1.54, 1.807) is 6.07 Å². The Morgan fingerprint density at radius 2 is 2.10 bits per heavy atom. The number of aliphatic carboxylic acids is 1. The molecule has 0 saturated carbocycles. The maximum atomic E-state index is 12.5. The van der Waals surface area contributed by atoms with Crippen LogP contribution in [0.1, 0.15) is 30.0 Å². The highest BCUT2D eigenvalue weighted by atomic mass is 16.5. The maximum Gasteiger partial charge on any atom is 0.331 e. The molecule has 2 unspecified atom stereocenters. The van der Waals surface area contributed by atoms with Crippen LogP contribution < -0.4 is 0 Å². The number of carbonyl (C=O) groups excluding carboxylic acids is 1. The van der Waals surface area contributed by atoms with Crippen LogP contribution >= 0.6 is 0 Å². The number of carboxylic acid groups (broad SMARTS) is 1. The van der Waals surface area contributed by atoms with Crippen LogP contribution in [0.5, 0.6) is 0 Å². The van der Waals surface area contributed by atoms with Crippen molar-refractivity contribution in [1.82, 2.24) is 4.90 Å². The van der Waals surface area contributed by atoms with Crippen molar-refractivity contribution >= 4 is 11.9 Å². The van der Waals surface area contributed by atoms with E-state index in [9.17, 15) is 14.7 Å². The van der Waals surface area contributed by atoms with Crippen LogP contribution in [-0.4, -0.2) is 41.1 Å². The number of ether oxygens (including phenoxy) is 1. The SMILES string of the molecule is O=C(O)C1c2ccccc2CCN1C(=O)C1CCCO1. The molecule has 0 bridgehead atoms. The van der Waals surface area contributed by atoms with Gasteiger partial charge in [-0.3, -0.25) is 4.79 Å². The highest BCUT2D eigenvalue weighted by molar-refractivity contribution is 5.88. The van der Waals surface area contributed by atoms with E-state index in [0.717, 1.165) is 17.5 Å². The first kappa shape index (κ1) is 13.1. The molecule has 2 heterocycles. The summed E-state index contributed by atoms with van der Waals surface area (Å²) in [6.07, 6.45) is 1.77. The second-order valence-electron chi connectivity index (χ2n) is 5.22. The number of carbonyl (C=O) groups is 2. The molecule has 0 aliphatic carbocycles. The Morgan fingerprint density at radius 1 is 1.30 bits per heavy atom. The zero-order valence-corrected chi connectivity index (χ0v) is 11.1. The van der Waals surface area contributed by atoms with Crippen molar-refractivity contribution in [2.75, 3.05) is 13.2 Å². The van der Waals surface area contributed by atoms with Gasteiger partial charge in [0.25, 0.3) is 5.91 Å². The Morgan fingerprint density at radius 3 is 2.80 bits per heavy atom. The summed E-state index contributed by atoms with van der Waals surface area (Å²) >= 11 is 0. The number of carboxylic acids is 1. The zero-order chi connectivity index (χ0) is 14.1. The molecule has 20 heavy (non-hydrogen) atoms. The molecule has 1 amide bonds. The molecule has 3 rings (SSSR count). The second-order valence-corrected chi connectivity index (χ2v) is 5.22. The van der Waals surface area contributed by atoms with Crippen LogP contribution in [0.3, 0.4) is 0 Å². The minimum absolute atomic E-state index is 0.190. The normalized spacial score (nSPS) is 25.3. The number of amides is 1. The highest BCUT2D eigenvalue weighted by Crippen LogP contribution is 2.31. The van der Waals surface area contributed by atoms with E-state index < -0.39 is 18.1 Å². The van der Waals surface area contributed by atoms with Crippen molar-refractivity contribution in [2.24, 2.45) is 0 Å². The Labute approximate surface area is 117 Å². The van der Waals surface area contributed by atoms with Gasteiger partial charge in [0.2, 0.25) is 0 Å². The van der Waals surface area contributed by atoms with E-state index in [2.05, 4.69) is 0 Å². The van der Waals surface area contributed by atoms with E-state index in [0.29, 0.717) is 26.0 Å². The van der Waals surface area contributed by atoms with Crippen LogP contribution in [-0.2, 0) is 20.7 Å². The van der Waals surface area contributed by atoms with Gasteiger partial charge in [-0.1, -0.05) is 24.3 Å². The van der Waals surface area contributed by atoms with Gasteiger partial charge in [-0.25, -0.2) is 4.79 Å². The third kappa shape index (κ3) is 2.18. The second kappa shape index (κ2) is 5.25. The van der Waals surface area contributed by atoms with Gasteiger partial charge in [0.15, 0.2) is 6.04 Å². The van der Waals surface area contributed by atoms with E-state index in [-0.39, 0.29) is 5.91 Å². The quantitative estimate of drug-likeness (QED) is 0.885. The van der Waals surface area contributed by atoms with Gasteiger partial charge in [0.05, 0.1) is 0 Å². The van der Waals surface area contributed by atoms with Gasteiger partial charge >= 0.3 is 5.97 Å². The van der Waals surface area contributed by atoms with Crippen molar-refractivity contribution in [2.45, 2.75) is 31.4 Å². The predicted molar refractivity (Wildman–Crippen MR) is 71.2 cm³/mol. The van der Waals surface area contributed by atoms with Crippen molar-refractivity contribution in [3.63, 3.8) is 0 Å². The first-order valence-corrected chi connectivity index (χ1v) is 6.91. The summed E-state index contributed by atoms with van der Waals surface area (Å²) in [4.78, 5) is 25.5. The number of hydrogen-bond donors (Lipinski definition) is 1. The largest absolute Gasteiger partial charge is 0.479 e. The molecule has 106 valence electrons. The van der Waals surface area contributed by atoms with E-state index >= 15 is 0 Å². The summed E-state index contributed by atoms with van der Waals surface area (Å²) < 4.78 is 5.40. The molecule has 5 heteroatoms. The number of rotatable bonds is 2. The van der Waals surface area contributed by atoms with Gasteiger partial charge < -0.3 is 14.7 Å². The summed E-state index contributed by atoms with van der Waals surface area (Å²) in [6.45, 7) is 1.02. The van der Waals surface area contributed by atoms with E-state index in [4.69, 9.17) is 4.74 Å². The van der Waals surface area contributed by atoms with Crippen LogP contribution in [0.4, 0.5) is 0 Å². The Hall–Kier alpha value is -1.88. The molecule has 2 aliphatic heterocycles. The first-order valence-electron chi connectivity index (χ1n) is 6.91. The van der Waals surface area contributed by atoms with Crippen molar-refractivity contribution in [3.05, 3.63) is 35.4 Å². The average Bonchev–Trinajstić information content (AvgIpc) is 2.99. The zero-order valence-electron chi connectivity index (χ0n) is 11.1. The molecule has 5 nitrogen and oxygen atoms in total. The number of fused-ring (bicyclic) bond motifs is 1. The number of benzene rings is 1. The van der Waals surface area contributed by atoms with E-state index in [1.807, 2.05) is 18.2 Å². The Kier molecular flexibility index (Phi) is 3.44. The van der Waals surface area contributed by atoms with Crippen LogP contribution in [0.15, 0.2) is 24.3 Å². The van der Waals surface area contributed by atoms with Gasteiger partial charge in [-0.15, -0.1) is 0 Å². The fourth-order valence-electron chi connectivity index (χ4n) is 3.03. The molecule has 1 fully saturated rings. The summed E-state index contributed by atoms with van der Waals surface area (Å²) in [5.41, 5.74) is 1.73. The summed E-state index contributed by atoms with van der Waals surface area (Å²) in [5.74, 6) is -1.17. The lowest BCUT2D eigenvalue weighted by Crippen LogP contribution is -2.47. The molecular weight excluding hydrogens is 258 g/mol. The monoisotopic (exact) mass is 275 g/mol. The van der Waals surface area contributed by atoms with Crippen LogP contribution in [0.25, 0.3) is 0 Å². The molecular formula is C15H17NO4. The predicted octanol–water partition coefficient (Wildman–Crippen LogP) is 1.38. The average molecular weight is 275 g/mol. The number of hydrogen-bond acceptors (Lipinski definition) is 3. The van der Waals surface area contributed by atoms with Gasteiger partial charge in [-0.05, 0) is 30.4 Å². The molecule has 0 aromatic heterocycles. The highest BCUT2D eigenvalue weighted by Gasteiger charge is 2.39. The molecule has 2 aliphatic rings. The molecule has 2 atom stereocenters. The standard InChI is InChI=1S/C15H17NO4/c17-14(12-6-3-9-20-12)16-8-7-10-4-1-2-5-11(10)13(16)15(18)19/h1-2,4-5,12-13H,3,6-9H2,(H,18,19). The third-order valence-corrected chi connectivity index (χ3v) is 4.01. The summed E-state index contributed by atoms with van der Waals surface area (Å²) in [5, 5.41) is 9.51. The van der Waals surface area contributed by atoms with E-state index in [1.165, 1.54) is 4.90 Å². The molecule has 1 aromatic carbocycles. The fourth-order valence-corrected chi connectivity index (χ4v) is 3.03. The first-order chi connectivity index (χ1) is 9.68. The van der Waals surface area contributed by atoms with Crippen LogP contribution in [0.2, 0.25) is 0 Å². The fraction of sp³-hybridized carbons (Fsp3) is 0.467. The molecule has 1 aromatic rings. The smallest absolute Gasteiger partial charge is 0.331 e. The minimum Gasteiger partial charge on any atom is -0.479 e. The van der Waals surface area contributed by atoms with Crippen LogP contribution in [0, 0.1) is 0 Å². The summed E-state index contributed by atoms with van der Waals surface area (Å²) in [6, 6.07) is 6.54. The molecule has 0 radical (unpaired) electrons. The third-order valence-electron chi connectivity index (χ3n) is 4.01. The minimum atomic E-state index is -0.983. The topological polar surface area (TPSA) is 66.8 Å². The molecule has 1 saturated heterocycles. The van der Waals surface area contributed by atoms with Gasteiger partial charge in [0, 0.05) is 13.2 Å². The van der Waals surface area contributed by atoms with Crippen molar-refractivity contribution < 1.29 is 19.4 Å². The lowest BCUT2D eigenvalue weighted by molar-refractivity contribution is -0.155. The Balaban J connectivity index is 1.92. The number of nitrogens with zero attached hydrogens (tertiary/aromatic N) is 1. The lowest BCUT2D eigenvalue weighted by atomic mass is 9.92.